The van der Waals surface area contributed by atoms with Gasteiger partial charge in [-0.25, -0.2) is 9.97 Å². The number of rotatable bonds is 3. The standard InChI is InChI=1S/C19H17N5O/c1-12-7-8-14(18(20)25)17(16(12)13-5-3-2-4-6-13)24-11-23-19-15(24)9-21-10-22-19/h2-10H,11H2,1H3,(H2,20,25)(H,21,22,23). The molecule has 0 spiro atoms. The Kier molecular flexibility index (Phi) is 3.57. The Labute approximate surface area is 145 Å². The number of carbonyl (C=O) groups is 1. The van der Waals surface area contributed by atoms with E-state index in [1.165, 1.54) is 6.33 Å². The molecule has 0 saturated carbocycles. The van der Waals surface area contributed by atoms with E-state index in [9.17, 15) is 4.79 Å². The van der Waals surface area contributed by atoms with Gasteiger partial charge in [0, 0.05) is 5.56 Å². The Bertz CT molecular complexity index is 955. The Morgan fingerprint density at radius 3 is 2.76 bits per heavy atom. The van der Waals surface area contributed by atoms with Gasteiger partial charge in [0.1, 0.15) is 12.0 Å². The maximum Gasteiger partial charge on any atom is 0.250 e. The first-order chi connectivity index (χ1) is 12.2. The molecule has 0 atom stereocenters. The van der Waals surface area contributed by atoms with Gasteiger partial charge in [-0.3, -0.25) is 4.79 Å². The maximum absolute atomic E-state index is 12.1. The van der Waals surface area contributed by atoms with E-state index < -0.39 is 5.91 Å². The molecule has 4 rings (SSSR count). The fourth-order valence-corrected chi connectivity index (χ4v) is 3.24. The molecule has 2 aromatic carbocycles. The number of fused-ring (bicyclic) bond motifs is 1. The van der Waals surface area contributed by atoms with Crippen molar-refractivity contribution in [1.29, 1.82) is 0 Å². The molecule has 1 aliphatic heterocycles. The van der Waals surface area contributed by atoms with E-state index in [2.05, 4.69) is 15.3 Å². The van der Waals surface area contributed by atoms with Gasteiger partial charge in [-0.1, -0.05) is 36.4 Å². The lowest BCUT2D eigenvalue weighted by atomic mass is 9.94. The molecule has 0 radical (unpaired) electrons. The molecule has 0 saturated heterocycles. The van der Waals surface area contributed by atoms with E-state index >= 15 is 0 Å². The summed E-state index contributed by atoms with van der Waals surface area (Å²) in [4.78, 5) is 22.5. The quantitative estimate of drug-likeness (QED) is 0.770. The minimum atomic E-state index is -0.461. The average Bonchev–Trinajstić information content (AvgIpc) is 3.05. The minimum Gasteiger partial charge on any atom is -0.366 e. The van der Waals surface area contributed by atoms with Gasteiger partial charge < -0.3 is 16.0 Å². The van der Waals surface area contributed by atoms with Crippen LogP contribution in [0.5, 0.6) is 0 Å². The molecular formula is C19H17N5O. The summed E-state index contributed by atoms with van der Waals surface area (Å²) >= 11 is 0. The number of benzene rings is 2. The molecule has 0 unspecified atom stereocenters. The monoisotopic (exact) mass is 331 g/mol. The molecule has 3 N–H and O–H groups in total. The number of aryl methyl sites for hydroxylation is 1. The summed E-state index contributed by atoms with van der Waals surface area (Å²) in [5.74, 6) is 0.281. The van der Waals surface area contributed by atoms with Crippen molar-refractivity contribution in [2.45, 2.75) is 6.92 Å². The molecule has 6 heteroatoms. The van der Waals surface area contributed by atoms with Gasteiger partial charge in [0.25, 0.3) is 5.91 Å². The van der Waals surface area contributed by atoms with Crippen molar-refractivity contribution in [3.63, 3.8) is 0 Å². The molecule has 1 aliphatic rings. The van der Waals surface area contributed by atoms with Crippen molar-refractivity contribution in [3.8, 4) is 11.1 Å². The summed E-state index contributed by atoms with van der Waals surface area (Å²) in [7, 11) is 0. The third-order valence-corrected chi connectivity index (χ3v) is 4.37. The van der Waals surface area contributed by atoms with Crippen molar-refractivity contribution in [1.82, 2.24) is 9.97 Å². The third-order valence-electron chi connectivity index (χ3n) is 4.37. The number of nitrogens with zero attached hydrogens (tertiary/aromatic N) is 3. The number of nitrogens with one attached hydrogen (secondary N) is 1. The van der Waals surface area contributed by atoms with Gasteiger partial charge in [-0.15, -0.1) is 0 Å². The average molecular weight is 331 g/mol. The number of aromatic nitrogens is 2. The van der Waals surface area contributed by atoms with Crippen LogP contribution < -0.4 is 16.0 Å². The molecule has 3 aromatic rings. The van der Waals surface area contributed by atoms with E-state index in [1.807, 2.05) is 48.2 Å². The highest BCUT2D eigenvalue weighted by molar-refractivity contribution is 6.05. The van der Waals surface area contributed by atoms with Crippen molar-refractivity contribution < 1.29 is 4.79 Å². The number of hydrogen-bond acceptors (Lipinski definition) is 5. The van der Waals surface area contributed by atoms with Gasteiger partial charge in [-0.05, 0) is 24.1 Å². The number of amides is 1. The molecule has 1 aromatic heterocycles. The first-order valence-corrected chi connectivity index (χ1v) is 7.97. The molecule has 0 bridgehead atoms. The van der Waals surface area contributed by atoms with Gasteiger partial charge in [-0.2, -0.15) is 0 Å². The smallest absolute Gasteiger partial charge is 0.250 e. The predicted molar refractivity (Wildman–Crippen MR) is 97.8 cm³/mol. The predicted octanol–water partition coefficient (Wildman–Crippen LogP) is 3.07. The van der Waals surface area contributed by atoms with Crippen LogP contribution in [-0.4, -0.2) is 22.5 Å². The second-order valence-electron chi connectivity index (χ2n) is 5.90. The molecule has 2 heterocycles. The van der Waals surface area contributed by atoms with Crippen LogP contribution in [-0.2, 0) is 0 Å². The number of primary amides is 1. The van der Waals surface area contributed by atoms with Crippen LogP contribution in [0, 0.1) is 6.92 Å². The van der Waals surface area contributed by atoms with Crippen LogP contribution in [0.2, 0.25) is 0 Å². The summed E-state index contributed by atoms with van der Waals surface area (Å²) in [6.07, 6.45) is 3.24. The lowest BCUT2D eigenvalue weighted by Crippen LogP contribution is -2.23. The number of anilines is 3. The number of nitrogens with two attached hydrogens (primary N) is 1. The largest absolute Gasteiger partial charge is 0.366 e. The van der Waals surface area contributed by atoms with Crippen LogP contribution in [0.3, 0.4) is 0 Å². The zero-order valence-electron chi connectivity index (χ0n) is 13.7. The van der Waals surface area contributed by atoms with E-state index in [-0.39, 0.29) is 0 Å². The molecule has 0 fully saturated rings. The van der Waals surface area contributed by atoms with Crippen LogP contribution in [0.15, 0.2) is 55.0 Å². The van der Waals surface area contributed by atoms with E-state index in [1.54, 1.807) is 12.3 Å². The van der Waals surface area contributed by atoms with Gasteiger partial charge in [0.15, 0.2) is 5.82 Å². The second kappa shape index (κ2) is 5.90. The third kappa shape index (κ3) is 2.48. The van der Waals surface area contributed by atoms with Crippen molar-refractivity contribution in [2.75, 3.05) is 16.9 Å². The summed E-state index contributed by atoms with van der Waals surface area (Å²) < 4.78 is 0. The fourth-order valence-electron chi connectivity index (χ4n) is 3.24. The highest BCUT2D eigenvalue weighted by Gasteiger charge is 2.28. The van der Waals surface area contributed by atoms with Crippen molar-refractivity contribution in [2.24, 2.45) is 5.73 Å². The molecule has 1 amide bonds. The van der Waals surface area contributed by atoms with Gasteiger partial charge in [0.05, 0.1) is 24.1 Å². The summed E-state index contributed by atoms with van der Waals surface area (Å²) in [6.45, 7) is 2.53. The Morgan fingerprint density at radius 2 is 2.00 bits per heavy atom. The van der Waals surface area contributed by atoms with E-state index in [4.69, 9.17) is 5.73 Å². The molecule has 0 aliphatic carbocycles. The Balaban J connectivity index is 2.01. The minimum absolute atomic E-state index is 0.461. The fraction of sp³-hybridized carbons (Fsp3) is 0.105. The molecule has 124 valence electrons. The Morgan fingerprint density at radius 1 is 1.20 bits per heavy atom. The maximum atomic E-state index is 12.1. The first-order valence-electron chi connectivity index (χ1n) is 7.97. The number of carbonyl (C=O) groups excluding carboxylic acids is 1. The molecule has 6 nitrogen and oxygen atoms in total. The Hall–Kier alpha value is -3.41. The van der Waals surface area contributed by atoms with E-state index in [0.717, 1.165) is 33.9 Å². The topological polar surface area (TPSA) is 84.1 Å². The highest BCUT2D eigenvalue weighted by Crippen LogP contribution is 2.43. The number of hydrogen-bond donors (Lipinski definition) is 2. The lowest BCUT2D eigenvalue weighted by Gasteiger charge is -2.25. The SMILES string of the molecule is Cc1ccc(C(N)=O)c(N2CNc3ncncc32)c1-c1ccccc1. The first kappa shape index (κ1) is 15.1. The lowest BCUT2D eigenvalue weighted by molar-refractivity contribution is 0.100. The van der Waals surface area contributed by atoms with Crippen molar-refractivity contribution >= 4 is 23.1 Å². The zero-order chi connectivity index (χ0) is 17.4. The summed E-state index contributed by atoms with van der Waals surface area (Å²) in [5, 5.41) is 3.24. The molecule has 25 heavy (non-hydrogen) atoms. The van der Waals surface area contributed by atoms with Gasteiger partial charge in [0.2, 0.25) is 0 Å². The summed E-state index contributed by atoms with van der Waals surface area (Å²) in [6, 6.07) is 13.7. The summed E-state index contributed by atoms with van der Waals surface area (Å²) in [5.41, 5.74) is 10.8. The van der Waals surface area contributed by atoms with Crippen LogP contribution in [0.4, 0.5) is 17.2 Å². The normalized spacial score (nSPS) is 12.6. The second-order valence-corrected chi connectivity index (χ2v) is 5.90. The van der Waals surface area contributed by atoms with Crippen LogP contribution >= 0.6 is 0 Å². The highest BCUT2D eigenvalue weighted by atomic mass is 16.1. The molecular weight excluding hydrogens is 314 g/mol. The van der Waals surface area contributed by atoms with E-state index in [0.29, 0.717) is 12.2 Å². The van der Waals surface area contributed by atoms with Crippen LogP contribution in [0.1, 0.15) is 15.9 Å². The van der Waals surface area contributed by atoms with Gasteiger partial charge >= 0.3 is 0 Å². The van der Waals surface area contributed by atoms with Crippen molar-refractivity contribution in [3.05, 3.63) is 66.1 Å². The zero-order valence-corrected chi connectivity index (χ0v) is 13.7. The van der Waals surface area contributed by atoms with Crippen LogP contribution in [0.25, 0.3) is 11.1 Å².